The Balaban J connectivity index is 1.21. The number of aromatic nitrogens is 3. The average molecular weight is 571 g/mol. The molecule has 3 saturated carbocycles. The lowest BCUT2D eigenvalue weighted by atomic mass is 9.45. The van der Waals surface area contributed by atoms with Crippen molar-refractivity contribution < 1.29 is 9.90 Å². The summed E-state index contributed by atoms with van der Waals surface area (Å²) in [7, 11) is 0. The first-order valence-corrected chi connectivity index (χ1v) is 15.9. The molecule has 3 aliphatic carbocycles. The van der Waals surface area contributed by atoms with Crippen molar-refractivity contribution in [1.29, 1.82) is 0 Å². The van der Waals surface area contributed by atoms with Gasteiger partial charge in [-0.3, -0.25) is 23.9 Å². The highest BCUT2D eigenvalue weighted by Crippen LogP contribution is 2.62. The van der Waals surface area contributed by atoms with Gasteiger partial charge in [-0.2, -0.15) is 0 Å². The molecule has 222 valence electrons. The van der Waals surface area contributed by atoms with Gasteiger partial charge in [0.2, 0.25) is 0 Å². The molecule has 8 nitrogen and oxygen atoms in total. The van der Waals surface area contributed by atoms with Crippen LogP contribution in [-0.4, -0.2) is 48.7 Å². The number of carboxylic acids is 1. The minimum Gasteiger partial charge on any atom is -0.480 e. The lowest BCUT2D eigenvalue weighted by Gasteiger charge is -2.60. The van der Waals surface area contributed by atoms with E-state index in [1.165, 1.54) is 38.2 Å². The molecule has 2 saturated heterocycles. The third kappa shape index (κ3) is 4.53. The number of para-hydroxylation sites is 2. The van der Waals surface area contributed by atoms with E-state index in [0.717, 1.165) is 60.1 Å². The summed E-state index contributed by atoms with van der Waals surface area (Å²) in [5.74, 6) is 1.51. The second-order valence-electron chi connectivity index (χ2n) is 13.9. The molecule has 8 rings (SSSR count). The highest BCUT2D eigenvalue weighted by molar-refractivity contribution is 5.78. The number of hydrogen-bond donors (Lipinski definition) is 1. The van der Waals surface area contributed by atoms with Crippen LogP contribution in [0.3, 0.4) is 0 Å². The summed E-state index contributed by atoms with van der Waals surface area (Å²) in [5, 5.41) is 9.48. The Labute approximate surface area is 246 Å². The molecule has 6 atom stereocenters. The lowest BCUT2D eigenvalue weighted by molar-refractivity contribution is -0.137. The number of rotatable bonds is 7. The monoisotopic (exact) mass is 570 g/mol. The smallest absolute Gasteiger partial charge is 0.323 e. The van der Waals surface area contributed by atoms with Crippen molar-refractivity contribution >= 4 is 17.0 Å². The number of fused-ring (bicyclic) bond motifs is 5. The number of carbonyl (C=O) groups is 1. The predicted octanol–water partition coefficient (Wildman–Crippen LogP) is 5.33. The fourth-order valence-corrected chi connectivity index (χ4v) is 9.36. The van der Waals surface area contributed by atoms with Crippen molar-refractivity contribution in [3.63, 3.8) is 0 Å². The van der Waals surface area contributed by atoms with Gasteiger partial charge in [-0.05, 0) is 99.3 Å². The molecule has 0 radical (unpaired) electrons. The van der Waals surface area contributed by atoms with Crippen molar-refractivity contribution in [2.75, 3.05) is 6.54 Å². The Morgan fingerprint density at radius 1 is 0.952 bits per heavy atom. The number of piperidine rings is 2. The molecule has 4 heterocycles. The standard InChI is InChI=1S/C34H42N4O4/c1-34(2)22-14-13-21(26(34)17-22)15-16-36-23-7-5-8-24(36)19-25(18-23)38-28-10-4-3-9-27(28)35-32(33(38)42)29-11-6-12-30(39)37(29)20-31(40)41/h3-4,6,9-12,21-26H,5,7-8,13-20H2,1-2H3,(H,40,41)/t21-,22-,23-,24+,25?,26+/m0/s1. The van der Waals surface area contributed by atoms with Crippen LogP contribution < -0.4 is 11.1 Å². The third-order valence-corrected chi connectivity index (χ3v) is 11.6. The Bertz CT molecular complexity index is 1620. The second kappa shape index (κ2) is 10.5. The Hall–Kier alpha value is -3.26. The summed E-state index contributed by atoms with van der Waals surface area (Å²) in [6.07, 6.45) is 10.9. The van der Waals surface area contributed by atoms with Gasteiger partial charge in [0.15, 0.2) is 5.69 Å². The zero-order valence-corrected chi connectivity index (χ0v) is 24.7. The van der Waals surface area contributed by atoms with E-state index in [9.17, 15) is 19.5 Å². The molecular weight excluding hydrogens is 528 g/mol. The predicted molar refractivity (Wildman–Crippen MR) is 162 cm³/mol. The van der Waals surface area contributed by atoms with Crippen molar-refractivity contribution in [1.82, 2.24) is 19.0 Å². The molecule has 0 spiro atoms. The van der Waals surface area contributed by atoms with Crippen molar-refractivity contribution in [3.05, 3.63) is 63.2 Å². The fourth-order valence-electron chi connectivity index (χ4n) is 9.36. The number of aliphatic carboxylic acids is 1. The van der Waals surface area contributed by atoms with E-state index >= 15 is 0 Å². The van der Waals surface area contributed by atoms with E-state index in [1.54, 1.807) is 12.1 Å². The third-order valence-electron chi connectivity index (χ3n) is 11.6. The zero-order chi connectivity index (χ0) is 29.2. The maximum Gasteiger partial charge on any atom is 0.323 e. The molecule has 42 heavy (non-hydrogen) atoms. The summed E-state index contributed by atoms with van der Waals surface area (Å²) in [6.45, 7) is 5.61. The Morgan fingerprint density at radius 3 is 2.43 bits per heavy atom. The summed E-state index contributed by atoms with van der Waals surface area (Å²) < 4.78 is 3.06. The van der Waals surface area contributed by atoms with Gasteiger partial charge >= 0.3 is 5.97 Å². The van der Waals surface area contributed by atoms with Crippen LogP contribution in [0.25, 0.3) is 22.4 Å². The molecule has 2 aromatic heterocycles. The molecule has 5 fully saturated rings. The number of pyridine rings is 1. The van der Waals surface area contributed by atoms with Gasteiger partial charge in [0, 0.05) is 24.2 Å². The van der Waals surface area contributed by atoms with Gasteiger partial charge in [-0.25, -0.2) is 4.98 Å². The van der Waals surface area contributed by atoms with E-state index in [2.05, 4.69) is 18.7 Å². The molecule has 1 N–H and O–H groups in total. The maximum atomic E-state index is 14.3. The van der Waals surface area contributed by atoms with Crippen LogP contribution >= 0.6 is 0 Å². The first kappa shape index (κ1) is 27.6. The lowest BCUT2D eigenvalue weighted by Crippen LogP contribution is -2.55. The van der Waals surface area contributed by atoms with E-state index in [1.807, 2.05) is 28.8 Å². The molecule has 2 aliphatic heterocycles. The molecule has 4 bridgehead atoms. The summed E-state index contributed by atoms with van der Waals surface area (Å²) >= 11 is 0. The molecule has 3 aromatic rings. The first-order valence-electron chi connectivity index (χ1n) is 15.9. The minimum atomic E-state index is -1.14. The fraction of sp³-hybridized carbons (Fsp3) is 0.588. The van der Waals surface area contributed by atoms with Crippen molar-refractivity contribution in [2.45, 2.75) is 96.3 Å². The number of carboxylic acid groups (broad SMARTS) is 1. The molecular formula is C34H42N4O4. The van der Waals surface area contributed by atoms with Crippen LogP contribution in [0.1, 0.15) is 77.7 Å². The first-order chi connectivity index (χ1) is 20.2. The van der Waals surface area contributed by atoms with Crippen molar-refractivity contribution in [3.8, 4) is 11.4 Å². The van der Waals surface area contributed by atoms with E-state index < -0.39 is 18.1 Å². The minimum absolute atomic E-state index is 0.0278. The molecule has 1 unspecified atom stereocenters. The molecule has 8 heteroatoms. The molecule has 1 aromatic carbocycles. The van der Waals surface area contributed by atoms with E-state index in [0.29, 0.717) is 23.0 Å². The zero-order valence-electron chi connectivity index (χ0n) is 24.7. The van der Waals surface area contributed by atoms with Gasteiger partial charge in [0.05, 0.1) is 16.7 Å². The quantitative estimate of drug-likeness (QED) is 0.412. The van der Waals surface area contributed by atoms with Gasteiger partial charge in [-0.15, -0.1) is 0 Å². The number of hydrogen-bond acceptors (Lipinski definition) is 5. The molecule has 0 amide bonds. The van der Waals surface area contributed by atoms with Gasteiger partial charge in [0.25, 0.3) is 11.1 Å². The van der Waals surface area contributed by atoms with Crippen LogP contribution in [0.5, 0.6) is 0 Å². The van der Waals surface area contributed by atoms with Crippen LogP contribution in [0, 0.1) is 23.2 Å². The Kier molecular flexibility index (Phi) is 6.87. The summed E-state index contributed by atoms with van der Waals surface area (Å²) in [5.41, 5.74) is 1.67. The van der Waals surface area contributed by atoms with E-state index in [4.69, 9.17) is 4.98 Å². The SMILES string of the molecule is CC1(C)[C@H]2CC[C@@H](CCN3[C@@H]4CCC[C@H]3CC(n3c(=O)c(-c5cccc(=O)n5CC(=O)O)nc5ccccc53)C4)[C@H]1C2. The number of nitrogens with zero attached hydrogens (tertiary/aromatic N) is 4. The maximum absolute atomic E-state index is 14.3. The van der Waals surface area contributed by atoms with Crippen LogP contribution in [0.15, 0.2) is 52.1 Å². The average Bonchev–Trinajstić information content (AvgIpc) is 2.96. The number of benzene rings is 1. The van der Waals surface area contributed by atoms with E-state index in [-0.39, 0.29) is 23.0 Å². The Morgan fingerprint density at radius 2 is 1.71 bits per heavy atom. The van der Waals surface area contributed by atoms with Crippen molar-refractivity contribution in [2.24, 2.45) is 23.2 Å². The largest absolute Gasteiger partial charge is 0.480 e. The highest BCUT2D eigenvalue weighted by atomic mass is 16.4. The summed E-state index contributed by atoms with van der Waals surface area (Å²) in [6, 6.07) is 13.1. The topological polar surface area (TPSA) is 97.4 Å². The normalized spacial score (nSPS) is 30.1. The molecule has 5 aliphatic rings. The van der Waals surface area contributed by atoms with Crippen LogP contribution in [0.2, 0.25) is 0 Å². The van der Waals surface area contributed by atoms with Gasteiger partial charge < -0.3 is 9.67 Å². The van der Waals surface area contributed by atoms with Gasteiger partial charge in [-0.1, -0.05) is 38.5 Å². The van der Waals surface area contributed by atoms with Crippen LogP contribution in [0.4, 0.5) is 0 Å². The highest BCUT2D eigenvalue weighted by Gasteiger charge is 2.54. The van der Waals surface area contributed by atoms with Crippen LogP contribution in [-0.2, 0) is 11.3 Å². The summed E-state index contributed by atoms with van der Waals surface area (Å²) in [4.78, 5) is 46.0. The second-order valence-corrected chi connectivity index (χ2v) is 13.9. The van der Waals surface area contributed by atoms with Gasteiger partial charge in [0.1, 0.15) is 6.54 Å².